The molecule has 0 saturated carbocycles. The van der Waals surface area contributed by atoms with Gasteiger partial charge in [-0.2, -0.15) is 0 Å². The molecule has 0 radical (unpaired) electrons. The standard InChI is InChI=1S/C10H20N2/c1-8(2)10-6-11(4)9(3)12(5)7-10/h6,8-9H,7H2,1-5H3. The SMILES string of the molecule is CC(C)C1=CN(C)C(C)N(C)C1. The van der Waals surface area contributed by atoms with E-state index in [9.17, 15) is 0 Å². The lowest BCUT2D eigenvalue weighted by Crippen LogP contribution is -2.45. The van der Waals surface area contributed by atoms with E-state index in [4.69, 9.17) is 0 Å². The topological polar surface area (TPSA) is 6.48 Å². The minimum atomic E-state index is 0.535. The summed E-state index contributed by atoms with van der Waals surface area (Å²) in [4.78, 5) is 4.65. The molecule has 1 heterocycles. The summed E-state index contributed by atoms with van der Waals surface area (Å²) in [5.74, 6) is 0.669. The highest BCUT2D eigenvalue weighted by molar-refractivity contribution is 5.10. The van der Waals surface area contributed by atoms with Crippen molar-refractivity contribution in [2.45, 2.75) is 26.9 Å². The van der Waals surface area contributed by atoms with Crippen molar-refractivity contribution in [3.05, 3.63) is 11.8 Å². The van der Waals surface area contributed by atoms with Gasteiger partial charge in [0.1, 0.15) is 0 Å². The van der Waals surface area contributed by atoms with Crippen LogP contribution in [0.5, 0.6) is 0 Å². The Morgan fingerprint density at radius 1 is 1.42 bits per heavy atom. The average molecular weight is 168 g/mol. The van der Waals surface area contributed by atoms with Crippen LogP contribution in [0, 0.1) is 5.92 Å². The second-order valence-corrected chi connectivity index (χ2v) is 4.07. The zero-order valence-electron chi connectivity index (χ0n) is 8.83. The summed E-state index contributed by atoms with van der Waals surface area (Å²) in [6, 6.07) is 0. The molecule has 0 N–H and O–H groups in total. The van der Waals surface area contributed by atoms with Gasteiger partial charge >= 0.3 is 0 Å². The molecule has 0 aromatic carbocycles. The van der Waals surface area contributed by atoms with E-state index in [0.29, 0.717) is 12.1 Å². The highest BCUT2D eigenvalue weighted by atomic mass is 15.3. The minimum Gasteiger partial charge on any atom is -0.365 e. The van der Waals surface area contributed by atoms with Gasteiger partial charge in [-0.05, 0) is 25.5 Å². The van der Waals surface area contributed by atoms with Crippen LogP contribution in [0.4, 0.5) is 0 Å². The summed E-state index contributed by atoms with van der Waals surface area (Å²) >= 11 is 0. The van der Waals surface area contributed by atoms with Gasteiger partial charge in [0, 0.05) is 19.8 Å². The second-order valence-electron chi connectivity index (χ2n) is 4.07. The zero-order chi connectivity index (χ0) is 9.30. The van der Waals surface area contributed by atoms with E-state index in [1.165, 1.54) is 5.57 Å². The number of hydrogen-bond donors (Lipinski definition) is 0. The maximum absolute atomic E-state index is 2.37. The molecule has 0 aromatic heterocycles. The van der Waals surface area contributed by atoms with Crippen LogP contribution in [-0.4, -0.2) is 36.6 Å². The van der Waals surface area contributed by atoms with E-state index in [2.05, 4.69) is 50.9 Å². The number of likely N-dealkylation sites (N-methyl/N-ethyl adjacent to an activating group) is 1. The normalized spacial score (nSPS) is 26.3. The third kappa shape index (κ3) is 1.81. The van der Waals surface area contributed by atoms with Crippen LogP contribution in [0.3, 0.4) is 0 Å². The van der Waals surface area contributed by atoms with E-state index in [-0.39, 0.29) is 0 Å². The molecule has 0 spiro atoms. The van der Waals surface area contributed by atoms with E-state index in [1.54, 1.807) is 0 Å². The van der Waals surface area contributed by atoms with Crippen molar-refractivity contribution < 1.29 is 0 Å². The van der Waals surface area contributed by atoms with E-state index in [1.807, 2.05) is 0 Å². The maximum atomic E-state index is 2.37. The van der Waals surface area contributed by atoms with Crippen LogP contribution in [0.1, 0.15) is 20.8 Å². The lowest BCUT2D eigenvalue weighted by molar-refractivity contribution is 0.124. The summed E-state index contributed by atoms with van der Waals surface area (Å²) in [7, 11) is 4.32. The molecule has 1 aliphatic rings. The molecular formula is C10H20N2. The van der Waals surface area contributed by atoms with Crippen molar-refractivity contribution in [3.63, 3.8) is 0 Å². The fraction of sp³-hybridized carbons (Fsp3) is 0.800. The molecule has 0 saturated heterocycles. The zero-order valence-corrected chi connectivity index (χ0v) is 8.83. The lowest BCUT2D eigenvalue weighted by atomic mass is 10.0. The fourth-order valence-electron chi connectivity index (χ4n) is 1.47. The summed E-state index contributed by atoms with van der Waals surface area (Å²) in [5, 5.41) is 0. The van der Waals surface area contributed by atoms with Gasteiger partial charge in [-0.3, -0.25) is 4.90 Å². The van der Waals surface area contributed by atoms with Gasteiger partial charge in [0.05, 0.1) is 6.17 Å². The molecular weight excluding hydrogens is 148 g/mol. The number of nitrogens with zero attached hydrogens (tertiary/aromatic N) is 2. The van der Waals surface area contributed by atoms with Crippen molar-refractivity contribution in [3.8, 4) is 0 Å². The molecule has 0 bridgehead atoms. The highest BCUT2D eigenvalue weighted by Gasteiger charge is 2.20. The first-order valence-corrected chi connectivity index (χ1v) is 4.65. The Bertz CT molecular complexity index is 184. The van der Waals surface area contributed by atoms with Crippen molar-refractivity contribution in [1.29, 1.82) is 0 Å². The first-order chi connectivity index (χ1) is 5.52. The summed E-state index contributed by atoms with van der Waals surface area (Å²) < 4.78 is 0. The third-order valence-corrected chi connectivity index (χ3v) is 2.77. The first-order valence-electron chi connectivity index (χ1n) is 4.65. The molecule has 2 heteroatoms. The Labute approximate surface area is 75.8 Å². The Hall–Kier alpha value is -0.500. The fourth-order valence-corrected chi connectivity index (χ4v) is 1.47. The Morgan fingerprint density at radius 2 is 2.00 bits per heavy atom. The molecule has 12 heavy (non-hydrogen) atoms. The Morgan fingerprint density at radius 3 is 2.42 bits per heavy atom. The average Bonchev–Trinajstić information content (AvgIpc) is 1.99. The van der Waals surface area contributed by atoms with Gasteiger partial charge in [0.2, 0.25) is 0 Å². The van der Waals surface area contributed by atoms with Crippen molar-refractivity contribution in [2.24, 2.45) is 5.92 Å². The summed E-state index contributed by atoms with van der Waals surface area (Å²) in [6.45, 7) is 7.85. The van der Waals surface area contributed by atoms with Crippen molar-refractivity contribution in [2.75, 3.05) is 20.6 Å². The molecule has 0 fully saturated rings. The van der Waals surface area contributed by atoms with Gasteiger partial charge in [-0.25, -0.2) is 0 Å². The third-order valence-electron chi connectivity index (χ3n) is 2.77. The van der Waals surface area contributed by atoms with Gasteiger partial charge in [0.25, 0.3) is 0 Å². The monoisotopic (exact) mass is 168 g/mol. The molecule has 0 amide bonds. The maximum Gasteiger partial charge on any atom is 0.0783 e. The van der Waals surface area contributed by atoms with Gasteiger partial charge in [-0.15, -0.1) is 0 Å². The lowest BCUT2D eigenvalue weighted by Gasteiger charge is -2.38. The molecule has 1 unspecified atom stereocenters. The highest BCUT2D eigenvalue weighted by Crippen LogP contribution is 2.19. The minimum absolute atomic E-state index is 0.535. The summed E-state index contributed by atoms with van der Waals surface area (Å²) in [5.41, 5.74) is 1.53. The molecule has 0 aromatic rings. The number of rotatable bonds is 1. The number of hydrogen-bond acceptors (Lipinski definition) is 2. The molecule has 0 aliphatic carbocycles. The smallest absolute Gasteiger partial charge is 0.0783 e. The van der Waals surface area contributed by atoms with E-state index < -0.39 is 0 Å². The Balaban J connectivity index is 2.74. The van der Waals surface area contributed by atoms with Gasteiger partial charge in [-0.1, -0.05) is 13.8 Å². The predicted molar refractivity (Wildman–Crippen MR) is 52.8 cm³/mol. The largest absolute Gasteiger partial charge is 0.365 e. The van der Waals surface area contributed by atoms with Crippen LogP contribution in [0.25, 0.3) is 0 Å². The Kier molecular flexibility index (Phi) is 2.78. The van der Waals surface area contributed by atoms with Gasteiger partial charge < -0.3 is 4.90 Å². The molecule has 1 aliphatic heterocycles. The van der Waals surface area contributed by atoms with Crippen LogP contribution in [-0.2, 0) is 0 Å². The van der Waals surface area contributed by atoms with Crippen LogP contribution < -0.4 is 0 Å². The van der Waals surface area contributed by atoms with Crippen molar-refractivity contribution >= 4 is 0 Å². The quantitative estimate of drug-likeness (QED) is 0.588. The van der Waals surface area contributed by atoms with Gasteiger partial charge in [0.15, 0.2) is 0 Å². The predicted octanol–water partition coefficient (Wildman–Crippen LogP) is 1.75. The van der Waals surface area contributed by atoms with Crippen LogP contribution in [0.15, 0.2) is 11.8 Å². The van der Waals surface area contributed by atoms with Crippen LogP contribution >= 0.6 is 0 Å². The summed E-state index contributed by atoms with van der Waals surface area (Å²) in [6.07, 6.45) is 2.82. The van der Waals surface area contributed by atoms with E-state index in [0.717, 1.165) is 6.54 Å². The van der Waals surface area contributed by atoms with Crippen molar-refractivity contribution in [1.82, 2.24) is 9.80 Å². The second kappa shape index (κ2) is 3.48. The van der Waals surface area contributed by atoms with Crippen LogP contribution in [0.2, 0.25) is 0 Å². The molecule has 1 rings (SSSR count). The molecule has 1 atom stereocenters. The molecule has 70 valence electrons. The molecule has 2 nitrogen and oxygen atoms in total. The first kappa shape index (κ1) is 9.59. The van der Waals surface area contributed by atoms with E-state index >= 15 is 0 Å².